The Hall–Kier alpha value is -7.24. The van der Waals surface area contributed by atoms with E-state index < -0.39 is 11.1 Å². The molecule has 0 N–H and O–H groups in total. The van der Waals surface area contributed by atoms with E-state index in [1.165, 1.54) is 0 Å². The van der Waals surface area contributed by atoms with Crippen molar-refractivity contribution in [3.05, 3.63) is 202 Å². The molecule has 10 rings (SSSR count). The Morgan fingerprint density at radius 1 is 0.468 bits per heavy atom. The molecule has 6 aromatic rings. The lowest BCUT2D eigenvalue weighted by Gasteiger charge is -2.47. The van der Waals surface area contributed by atoms with Crippen molar-refractivity contribution in [3.8, 4) is 0 Å². The Bertz CT molecular complexity index is 2540. The Morgan fingerprint density at radius 3 is 1.10 bits per heavy atom. The molecule has 4 aliphatic rings. The third-order valence-electron chi connectivity index (χ3n) is 12.4. The molecule has 2 atom stereocenters. The highest BCUT2D eigenvalue weighted by Crippen LogP contribution is 2.53. The summed E-state index contributed by atoms with van der Waals surface area (Å²) in [5, 5.41) is 0. The standard InChI is InChI=1S/2C26H23N3O2/c2*1-18-7-11-23(12-8-18)29-25(30)28(22-13-9-21(27-3)10-14-22)24(26(29)16-31-17-26)20-6-4-5-19(2)15-20/h2*4-15,24H,16-17H2,1-2H3/t2*24-/m10/s1. The molecule has 10 heteroatoms. The smallest absolute Gasteiger partial charge is 0.330 e. The van der Waals surface area contributed by atoms with E-state index in [0.29, 0.717) is 37.8 Å². The van der Waals surface area contributed by atoms with Crippen LogP contribution in [0.2, 0.25) is 0 Å². The topological polar surface area (TPSA) is 74.3 Å². The van der Waals surface area contributed by atoms with Gasteiger partial charge in [-0.1, -0.05) is 119 Å². The Morgan fingerprint density at radius 2 is 0.806 bits per heavy atom. The number of hydrogen-bond acceptors (Lipinski definition) is 4. The van der Waals surface area contributed by atoms with Crippen LogP contribution >= 0.6 is 0 Å². The normalized spacial score (nSPS) is 19.4. The van der Waals surface area contributed by atoms with Crippen molar-refractivity contribution in [2.45, 2.75) is 50.9 Å². The van der Waals surface area contributed by atoms with Gasteiger partial charge in [-0.3, -0.25) is 19.6 Å². The molecule has 308 valence electrons. The second kappa shape index (κ2) is 16.0. The van der Waals surface area contributed by atoms with E-state index in [0.717, 1.165) is 56.1 Å². The van der Waals surface area contributed by atoms with E-state index in [-0.39, 0.29) is 24.1 Å². The maximum Gasteiger partial charge on any atom is 0.330 e. The van der Waals surface area contributed by atoms with E-state index in [1.807, 2.05) is 118 Å². The van der Waals surface area contributed by atoms with Crippen molar-refractivity contribution >= 4 is 46.2 Å². The van der Waals surface area contributed by atoms with Crippen molar-refractivity contribution in [3.63, 3.8) is 0 Å². The van der Waals surface area contributed by atoms with Gasteiger partial charge in [0, 0.05) is 22.7 Å². The van der Waals surface area contributed by atoms with Crippen molar-refractivity contribution in [1.82, 2.24) is 0 Å². The van der Waals surface area contributed by atoms with Crippen LogP contribution in [0.1, 0.15) is 45.5 Å². The minimum atomic E-state index is -0.487. The summed E-state index contributed by atoms with van der Waals surface area (Å²) in [6.07, 6.45) is 0. The summed E-state index contributed by atoms with van der Waals surface area (Å²) >= 11 is 0. The monoisotopic (exact) mass is 818 g/mol. The van der Waals surface area contributed by atoms with Gasteiger partial charge in [-0.05, 0) is 87.4 Å². The fourth-order valence-electron chi connectivity index (χ4n) is 9.36. The first-order chi connectivity index (χ1) is 30.1. The summed E-state index contributed by atoms with van der Waals surface area (Å²) in [4.78, 5) is 42.4. The van der Waals surface area contributed by atoms with Crippen LogP contribution in [-0.4, -0.2) is 49.6 Å². The predicted octanol–water partition coefficient (Wildman–Crippen LogP) is 11.6. The molecule has 0 aromatic heterocycles. The number of rotatable bonds is 6. The minimum Gasteiger partial charge on any atom is -0.376 e. The number of aryl methyl sites for hydroxylation is 4. The van der Waals surface area contributed by atoms with Gasteiger partial charge in [-0.2, -0.15) is 0 Å². The van der Waals surface area contributed by atoms with E-state index in [1.54, 1.807) is 24.3 Å². The second-order valence-electron chi connectivity index (χ2n) is 16.7. The van der Waals surface area contributed by atoms with E-state index in [4.69, 9.17) is 22.6 Å². The van der Waals surface area contributed by atoms with E-state index in [2.05, 4.69) is 59.9 Å². The van der Waals surface area contributed by atoms with Crippen molar-refractivity contribution in [1.29, 1.82) is 0 Å². The van der Waals surface area contributed by atoms with Gasteiger partial charge in [0.25, 0.3) is 0 Å². The number of ether oxygens (including phenoxy) is 2. The van der Waals surface area contributed by atoms with Crippen LogP contribution in [0.4, 0.5) is 43.7 Å². The zero-order valence-electron chi connectivity index (χ0n) is 35.2. The number of carbonyl (C=O) groups is 2. The summed E-state index contributed by atoms with van der Waals surface area (Å²) < 4.78 is 11.5. The van der Waals surface area contributed by atoms with Crippen LogP contribution in [0.25, 0.3) is 9.69 Å². The number of amides is 4. The molecule has 4 amide bonds. The summed E-state index contributed by atoms with van der Waals surface area (Å²) in [5.41, 5.74) is 10.2. The lowest BCUT2D eigenvalue weighted by molar-refractivity contribution is -0.0580. The van der Waals surface area contributed by atoms with Crippen molar-refractivity contribution < 1.29 is 19.1 Å². The van der Waals surface area contributed by atoms with Crippen molar-refractivity contribution in [2.75, 3.05) is 46.0 Å². The lowest BCUT2D eigenvalue weighted by Crippen LogP contribution is -2.62. The van der Waals surface area contributed by atoms with Gasteiger partial charge in [0.05, 0.1) is 51.7 Å². The Balaban J connectivity index is 0.000000158. The highest BCUT2D eigenvalue weighted by atomic mass is 16.5. The average Bonchev–Trinajstić information content (AvgIpc) is 3.71. The zero-order chi connectivity index (χ0) is 43.2. The van der Waals surface area contributed by atoms with E-state index in [9.17, 15) is 9.59 Å². The minimum absolute atomic E-state index is 0.0748. The molecular weight excluding hydrogens is 773 g/mol. The molecule has 6 aromatic carbocycles. The second-order valence-corrected chi connectivity index (χ2v) is 16.7. The highest BCUT2D eigenvalue weighted by molar-refractivity contribution is 6.10. The van der Waals surface area contributed by atoms with Gasteiger partial charge in [0.15, 0.2) is 11.4 Å². The summed E-state index contributed by atoms with van der Waals surface area (Å²) in [6.45, 7) is 24.6. The number of carbonyl (C=O) groups excluding carboxylic acids is 2. The lowest BCUT2D eigenvalue weighted by atomic mass is 9.82. The molecule has 4 heterocycles. The summed E-state index contributed by atoms with van der Waals surface area (Å²) in [5.74, 6) is 0. The zero-order valence-corrected chi connectivity index (χ0v) is 35.2. The first kappa shape index (κ1) is 40.2. The van der Waals surface area contributed by atoms with Gasteiger partial charge >= 0.3 is 12.1 Å². The van der Waals surface area contributed by atoms with Gasteiger partial charge in [-0.15, -0.1) is 0 Å². The fraction of sp³-hybridized carbons (Fsp3) is 0.231. The highest BCUT2D eigenvalue weighted by Gasteiger charge is 2.64. The largest absolute Gasteiger partial charge is 0.376 e. The fourth-order valence-corrected chi connectivity index (χ4v) is 9.36. The third-order valence-corrected chi connectivity index (χ3v) is 12.4. The van der Waals surface area contributed by atoms with Crippen LogP contribution in [0.3, 0.4) is 0 Å². The molecule has 0 unspecified atom stereocenters. The molecule has 0 bridgehead atoms. The maximum absolute atomic E-state index is 14.0. The van der Waals surface area contributed by atoms with Gasteiger partial charge in [-0.25, -0.2) is 19.3 Å². The van der Waals surface area contributed by atoms with Crippen LogP contribution in [0.5, 0.6) is 0 Å². The number of nitrogens with zero attached hydrogens (tertiary/aromatic N) is 6. The first-order valence-corrected chi connectivity index (χ1v) is 20.7. The van der Waals surface area contributed by atoms with Crippen LogP contribution in [-0.2, 0) is 9.47 Å². The molecule has 0 aliphatic carbocycles. The number of anilines is 4. The first-order valence-electron chi connectivity index (χ1n) is 20.7. The van der Waals surface area contributed by atoms with E-state index >= 15 is 0 Å². The van der Waals surface area contributed by atoms with Gasteiger partial charge < -0.3 is 9.47 Å². The molecule has 4 saturated heterocycles. The van der Waals surface area contributed by atoms with Crippen LogP contribution in [0, 0.1) is 40.8 Å². The average molecular weight is 819 g/mol. The molecule has 4 aliphatic heterocycles. The molecule has 10 nitrogen and oxygen atoms in total. The summed E-state index contributed by atoms with van der Waals surface area (Å²) in [7, 11) is 0. The predicted molar refractivity (Wildman–Crippen MR) is 243 cm³/mol. The number of benzene rings is 6. The van der Waals surface area contributed by atoms with Gasteiger partial charge in [0.1, 0.15) is 11.1 Å². The SMILES string of the molecule is [C-]#[N+]c1ccc(N2C(=O)N(c3ccc(C)cc3)C3(COC3)[C@@H]2c2cccc(C)c2)cc1.[C-]#[N+]c1ccc(N2C(=O)N(c3ccc(C)cc3)C3(COC3)[C@H]2c2cccc(C)c2)cc1. The number of hydrogen-bond donors (Lipinski definition) is 0. The van der Waals surface area contributed by atoms with Crippen molar-refractivity contribution in [2.24, 2.45) is 0 Å². The van der Waals surface area contributed by atoms with Crippen LogP contribution in [0.15, 0.2) is 146 Å². The summed E-state index contributed by atoms with van der Waals surface area (Å²) in [6, 6.07) is 46.8. The molecule has 0 saturated carbocycles. The molecular formula is C52H46N6O4. The maximum atomic E-state index is 14.0. The molecule has 0 radical (unpaired) electrons. The molecule has 4 fully saturated rings. The number of urea groups is 2. The quantitative estimate of drug-likeness (QED) is 0.157. The Labute approximate surface area is 362 Å². The van der Waals surface area contributed by atoms with Gasteiger partial charge in [0.2, 0.25) is 0 Å². The molecule has 2 spiro atoms. The molecule has 62 heavy (non-hydrogen) atoms. The third kappa shape index (κ3) is 6.75. The van der Waals surface area contributed by atoms with Crippen LogP contribution < -0.4 is 19.6 Å². The Kier molecular flexibility index (Phi) is 10.4.